The second kappa shape index (κ2) is 6.74. The number of hydrogen-bond donors (Lipinski definition) is 0. The van der Waals surface area contributed by atoms with Crippen LogP contribution in [0.2, 0.25) is 0 Å². The highest BCUT2D eigenvalue weighted by Gasteiger charge is 2.28. The molecule has 0 radical (unpaired) electrons. The summed E-state index contributed by atoms with van der Waals surface area (Å²) in [5.41, 5.74) is 2.30. The first-order valence-electron chi connectivity index (χ1n) is 8.11. The molecule has 0 unspecified atom stereocenters. The van der Waals surface area contributed by atoms with Crippen LogP contribution in [0.5, 0.6) is 0 Å². The second-order valence-electron chi connectivity index (χ2n) is 6.05. The Balaban J connectivity index is 1.84. The normalized spacial score (nSPS) is 18.0. The topological polar surface area (TPSA) is 55.2 Å². The van der Waals surface area contributed by atoms with Crippen molar-refractivity contribution in [2.24, 2.45) is 0 Å². The molecule has 6 heteroatoms. The van der Waals surface area contributed by atoms with Crippen LogP contribution in [-0.4, -0.2) is 35.7 Å². The van der Waals surface area contributed by atoms with E-state index in [2.05, 4.69) is 29.1 Å². The van der Waals surface area contributed by atoms with Gasteiger partial charge in [0.1, 0.15) is 9.84 Å². The first kappa shape index (κ1) is 16.1. The maximum atomic E-state index is 11.7. The highest BCUT2D eigenvalue weighted by molar-refractivity contribution is 7.91. The van der Waals surface area contributed by atoms with E-state index in [-0.39, 0.29) is 17.5 Å². The number of aromatic nitrogens is 2. The summed E-state index contributed by atoms with van der Waals surface area (Å²) < 4.78 is 25.4. The van der Waals surface area contributed by atoms with Crippen molar-refractivity contribution in [3.63, 3.8) is 0 Å². The Morgan fingerprint density at radius 2 is 1.91 bits per heavy atom. The maximum absolute atomic E-state index is 11.7. The van der Waals surface area contributed by atoms with Crippen LogP contribution in [0, 0.1) is 0 Å². The van der Waals surface area contributed by atoms with Crippen molar-refractivity contribution in [2.75, 3.05) is 16.4 Å². The van der Waals surface area contributed by atoms with Crippen molar-refractivity contribution in [2.45, 2.75) is 38.9 Å². The fraction of sp³-hybridized carbons (Fsp3) is 0.471. The van der Waals surface area contributed by atoms with Gasteiger partial charge in [-0.3, -0.25) is 4.68 Å². The van der Waals surface area contributed by atoms with Gasteiger partial charge in [0.2, 0.25) is 0 Å². The lowest BCUT2D eigenvalue weighted by atomic mass is 10.1. The molecule has 0 bridgehead atoms. The lowest BCUT2D eigenvalue weighted by Crippen LogP contribution is -2.41. The molecule has 0 amide bonds. The van der Waals surface area contributed by atoms with Crippen molar-refractivity contribution in [1.29, 1.82) is 0 Å². The SMILES string of the molecule is CCn1cc(N(Cc2ccccc2)C2CCS(=O)(=O)CC2)cn1. The van der Waals surface area contributed by atoms with Crippen molar-refractivity contribution < 1.29 is 8.42 Å². The standard InChI is InChI=1S/C17H23N3O2S/c1-2-19-14-17(12-18-19)20(13-15-6-4-3-5-7-15)16-8-10-23(21,22)11-9-16/h3-7,12,14,16H,2,8-11,13H2,1H3. The molecule has 0 N–H and O–H groups in total. The zero-order valence-corrected chi connectivity index (χ0v) is 14.2. The molecule has 1 aromatic heterocycles. The summed E-state index contributed by atoms with van der Waals surface area (Å²) in [6, 6.07) is 10.5. The van der Waals surface area contributed by atoms with Gasteiger partial charge in [0.05, 0.1) is 23.4 Å². The Labute approximate surface area is 137 Å². The fourth-order valence-corrected chi connectivity index (χ4v) is 4.54. The zero-order chi connectivity index (χ0) is 16.3. The Morgan fingerprint density at radius 1 is 1.22 bits per heavy atom. The number of hydrogen-bond acceptors (Lipinski definition) is 4. The molecule has 2 aromatic rings. The Bertz CT molecular complexity index is 726. The maximum Gasteiger partial charge on any atom is 0.150 e. The van der Waals surface area contributed by atoms with E-state index in [4.69, 9.17) is 0 Å². The van der Waals surface area contributed by atoms with Gasteiger partial charge in [-0.2, -0.15) is 5.10 Å². The van der Waals surface area contributed by atoms with Gasteiger partial charge in [-0.25, -0.2) is 8.42 Å². The summed E-state index contributed by atoms with van der Waals surface area (Å²) in [6.45, 7) is 3.67. The van der Waals surface area contributed by atoms with Crippen molar-refractivity contribution in [1.82, 2.24) is 9.78 Å². The largest absolute Gasteiger partial charge is 0.362 e. The van der Waals surface area contributed by atoms with Crippen LogP contribution in [0.4, 0.5) is 5.69 Å². The highest BCUT2D eigenvalue weighted by Crippen LogP contribution is 2.26. The van der Waals surface area contributed by atoms with Crippen LogP contribution in [-0.2, 0) is 22.9 Å². The van der Waals surface area contributed by atoms with Gasteiger partial charge >= 0.3 is 0 Å². The van der Waals surface area contributed by atoms with Crippen LogP contribution in [0.1, 0.15) is 25.3 Å². The summed E-state index contributed by atoms with van der Waals surface area (Å²) in [5.74, 6) is 0.565. The van der Waals surface area contributed by atoms with E-state index in [0.717, 1.165) is 18.8 Å². The van der Waals surface area contributed by atoms with Gasteiger partial charge in [-0.15, -0.1) is 0 Å². The third kappa shape index (κ3) is 3.93. The molecule has 124 valence electrons. The molecule has 1 aliphatic rings. The van der Waals surface area contributed by atoms with Gasteiger partial charge in [-0.05, 0) is 25.3 Å². The highest BCUT2D eigenvalue weighted by atomic mass is 32.2. The molecule has 0 aliphatic carbocycles. The fourth-order valence-electron chi connectivity index (χ4n) is 3.07. The van der Waals surface area contributed by atoms with E-state index < -0.39 is 9.84 Å². The number of aryl methyl sites for hydroxylation is 1. The predicted octanol–water partition coefficient (Wildman–Crippen LogP) is 2.49. The van der Waals surface area contributed by atoms with E-state index in [0.29, 0.717) is 12.8 Å². The van der Waals surface area contributed by atoms with Gasteiger partial charge in [0.25, 0.3) is 0 Å². The lowest BCUT2D eigenvalue weighted by molar-refractivity contribution is 0.514. The number of nitrogens with zero attached hydrogens (tertiary/aromatic N) is 3. The number of sulfone groups is 1. The van der Waals surface area contributed by atoms with Gasteiger partial charge in [0.15, 0.2) is 0 Å². The van der Waals surface area contributed by atoms with Gasteiger partial charge in [-0.1, -0.05) is 30.3 Å². The molecule has 5 nitrogen and oxygen atoms in total. The first-order valence-corrected chi connectivity index (χ1v) is 9.93. The van der Waals surface area contributed by atoms with E-state index in [1.165, 1.54) is 5.56 Å². The molecule has 0 atom stereocenters. The van der Waals surface area contributed by atoms with Gasteiger partial charge in [0, 0.05) is 25.3 Å². The monoisotopic (exact) mass is 333 g/mol. The Hall–Kier alpha value is -1.82. The minimum Gasteiger partial charge on any atom is -0.362 e. The summed E-state index contributed by atoms with van der Waals surface area (Å²) >= 11 is 0. The minimum absolute atomic E-state index is 0.244. The Morgan fingerprint density at radius 3 is 2.52 bits per heavy atom. The van der Waals surface area contributed by atoms with Crippen LogP contribution >= 0.6 is 0 Å². The number of benzene rings is 1. The summed E-state index contributed by atoms with van der Waals surface area (Å²) in [7, 11) is -2.85. The predicted molar refractivity (Wildman–Crippen MR) is 92.2 cm³/mol. The average Bonchev–Trinajstić information content (AvgIpc) is 3.03. The summed E-state index contributed by atoms with van der Waals surface area (Å²) in [4.78, 5) is 2.31. The quantitative estimate of drug-likeness (QED) is 0.843. The molecule has 1 fully saturated rings. The van der Waals surface area contributed by atoms with E-state index in [1.807, 2.05) is 35.3 Å². The van der Waals surface area contributed by atoms with E-state index in [9.17, 15) is 8.42 Å². The third-order valence-corrected chi connectivity index (χ3v) is 6.15. The zero-order valence-electron chi connectivity index (χ0n) is 13.4. The molecule has 1 aromatic carbocycles. The van der Waals surface area contributed by atoms with Crippen molar-refractivity contribution >= 4 is 15.5 Å². The number of rotatable bonds is 5. The molecule has 2 heterocycles. The molecule has 1 saturated heterocycles. The Kier molecular flexibility index (Phi) is 4.71. The molecular weight excluding hydrogens is 310 g/mol. The lowest BCUT2D eigenvalue weighted by Gasteiger charge is -2.35. The van der Waals surface area contributed by atoms with Crippen LogP contribution in [0.15, 0.2) is 42.7 Å². The van der Waals surface area contributed by atoms with Crippen LogP contribution in [0.3, 0.4) is 0 Å². The third-order valence-electron chi connectivity index (χ3n) is 4.44. The second-order valence-corrected chi connectivity index (χ2v) is 8.35. The van der Waals surface area contributed by atoms with Crippen molar-refractivity contribution in [3.05, 3.63) is 48.3 Å². The van der Waals surface area contributed by atoms with E-state index in [1.54, 1.807) is 0 Å². The first-order chi connectivity index (χ1) is 11.1. The smallest absolute Gasteiger partial charge is 0.150 e. The average molecular weight is 333 g/mol. The molecule has 3 rings (SSSR count). The molecule has 0 saturated carbocycles. The van der Waals surface area contributed by atoms with E-state index >= 15 is 0 Å². The summed E-state index contributed by atoms with van der Waals surface area (Å²) in [5, 5.41) is 4.38. The van der Waals surface area contributed by atoms with Crippen molar-refractivity contribution in [3.8, 4) is 0 Å². The van der Waals surface area contributed by atoms with Crippen LogP contribution < -0.4 is 4.90 Å². The van der Waals surface area contributed by atoms with Crippen LogP contribution in [0.25, 0.3) is 0 Å². The number of anilines is 1. The molecule has 1 aliphatic heterocycles. The summed E-state index contributed by atoms with van der Waals surface area (Å²) in [6.07, 6.45) is 5.31. The molecule has 23 heavy (non-hydrogen) atoms. The molecular formula is C17H23N3O2S. The molecule has 0 spiro atoms. The van der Waals surface area contributed by atoms with Gasteiger partial charge < -0.3 is 4.90 Å². The minimum atomic E-state index is -2.85.